The molecule has 0 aliphatic carbocycles. The number of amides is 4. The second-order valence-corrected chi connectivity index (χ2v) is 23.4. The molecule has 13 rings (SSSR count). The summed E-state index contributed by atoms with van der Waals surface area (Å²) in [5.74, 6) is -3.75. The number of azide groups is 1. The third kappa shape index (κ3) is 13.6. The highest BCUT2D eigenvalue weighted by atomic mass is 16.8. The first-order chi connectivity index (χ1) is 46.0. The molecule has 484 valence electrons. The van der Waals surface area contributed by atoms with Crippen LogP contribution < -0.4 is 0 Å². The Labute approximate surface area is 540 Å². The molecule has 0 aromatic heterocycles. The van der Waals surface area contributed by atoms with Crippen LogP contribution in [0.15, 0.2) is 205 Å². The third-order valence-electron chi connectivity index (χ3n) is 17.3. The van der Waals surface area contributed by atoms with Crippen molar-refractivity contribution in [1.29, 1.82) is 0 Å². The van der Waals surface area contributed by atoms with Crippen LogP contribution in [-0.4, -0.2) is 156 Å². The van der Waals surface area contributed by atoms with Gasteiger partial charge in [0.2, 0.25) is 0 Å². The topological polar surface area (TPSA) is 272 Å². The van der Waals surface area contributed by atoms with Crippen molar-refractivity contribution in [2.45, 2.75) is 132 Å². The molecule has 6 heterocycles. The number of carbonyl (C=O) groups is 5. The summed E-state index contributed by atoms with van der Waals surface area (Å²) in [5.41, 5.74) is 14.1. The Hall–Kier alpha value is -8.88. The molecule has 0 spiro atoms. The predicted octanol–water partition coefficient (Wildman–Crippen LogP) is 8.58. The van der Waals surface area contributed by atoms with Gasteiger partial charge in [-0.15, -0.1) is 0 Å². The molecule has 7 aromatic carbocycles. The van der Waals surface area contributed by atoms with Gasteiger partial charge in [0.15, 0.2) is 31.2 Å². The largest absolute Gasteiger partial charge is 0.457 e. The van der Waals surface area contributed by atoms with Gasteiger partial charge < -0.3 is 61.9 Å². The summed E-state index contributed by atoms with van der Waals surface area (Å²) in [7, 11) is 0. The Morgan fingerprint density at radius 3 is 1.39 bits per heavy atom. The molecular weight excluding hydrogens is 1210 g/mol. The van der Waals surface area contributed by atoms with E-state index >= 15 is 9.59 Å². The van der Waals surface area contributed by atoms with E-state index in [2.05, 4.69) is 10.0 Å². The smallest absolute Gasteiger partial charge is 0.303 e. The first-order valence-corrected chi connectivity index (χ1v) is 31.0. The van der Waals surface area contributed by atoms with Gasteiger partial charge in [0.25, 0.3) is 23.6 Å². The molecule has 23 heteroatoms. The van der Waals surface area contributed by atoms with E-state index in [0.717, 1.165) is 20.9 Å². The first-order valence-electron chi connectivity index (χ1n) is 31.0. The number of esters is 1. The number of fused-ring (bicyclic) bond motifs is 3. The zero-order valence-electron chi connectivity index (χ0n) is 50.9. The molecule has 6 aliphatic rings. The minimum atomic E-state index is -1.83. The van der Waals surface area contributed by atoms with Crippen LogP contribution in [0.3, 0.4) is 0 Å². The number of carbonyl (C=O) groups excluding carboxylic acids is 5. The number of rotatable bonds is 23. The lowest BCUT2D eigenvalue weighted by atomic mass is 9.92. The van der Waals surface area contributed by atoms with Crippen molar-refractivity contribution in [2.75, 3.05) is 19.8 Å². The van der Waals surface area contributed by atoms with Crippen LogP contribution in [0, 0.1) is 0 Å². The van der Waals surface area contributed by atoms with Gasteiger partial charge in [-0.1, -0.05) is 181 Å². The van der Waals surface area contributed by atoms with Crippen molar-refractivity contribution in [1.82, 2.24) is 9.80 Å². The van der Waals surface area contributed by atoms with Gasteiger partial charge >= 0.3 is 5.97 Å². The molecule has 7 aromatic rings. The molecular formula is C71H67N5O18. The normalized spacial score (nSPS) is 28.9. The van der Waals surface area contributed by atoms with Crippen molar-refractivity contribution in [3.8, 4) is 0 Å². The average molecular weight is 1280 g/mol. The fourth-order valence-corrected chi connectivity index (χ4v) is 12.9. The van der Waals surface area contributed by atoms with Crippen molar-refractivity contribution in [3.63, 3.8) is 0 Å². The van der Waals surface area contributed by atoms with E-state index in [1.807, 2.05) is 152 Å². The lowest BCUT2D eigenvalue weighted by Crippen LogP contribution is -2.71. The van der Waals surface area contributed by atoms with Gasteiger partial charge in [0, 0.05) is 17.4 Å². The van der Waals surface area contributed by atoms with Gasteiger partial charge in [-0.3, -0.25) is 33.8 Å². The van der Waals surface area contributed by atoms with Crippen molar-refractivity contribution in [3.05, 3.63) is 261 Å². The molecule has 1 N–H and O–H groups in total. The van der Waals surface area contributed by atoms with E-state index in [0.29, 0.717) is 16.7 Å². The molecule has 0 saturated carbocycles. The van der Waals surface area contributed by atoms with Crippen LogP contribution in [0.2, 0.25) is 0 Å². The summed E-state index contributed by atoms with van der Waals surface area (Å²) >= 11 is 0. The zero-order chi connectivity index (χ0) is 64.7. The monoisotopic (exact) mass is 1280 g/mol. The van der Waals surface area contributed by atoms with E-state index in [1.165, 1.54) is 31.2 Å². The summed E-state index contributed by atoms with van der Waals surface area (Å²) in [4.78, 5) is 78.9. The number of aliphatic hydroxyl groups excluding tert-OH is 1. The van der Waals surface area contributed by atoms with E-state index < -0.39 is 128 Å². The maximum Gasteiger partial charge on any atom is 0.303 e. The Bertz CT molecular complexity index is 3770. The van der Waals surface area contributed by atoms with Crippen LogP contribution in [0.1, 0.15) is 82.5 Å². The van der Waals surface area contributed by atoms with E-state index in [9.17, 15) is 25.0 Å². The summed E-state index contributed by atoms with van der Waals surface area (Å²) in [6, 6.07) is 55.1. The first kappa shape index (κ1) is 63.9. The quantitative estimate of drug-likeness (QED) is 0.0206. The summed E-state index contributed by atoms with van der Waals surface area (Å²) in [6.45, 7) is 0.161. The number of imide groups is 2. The number of aliphatic hydroxyl groups is 1. The van der Waals surface area contributed by atoms with Gasteiger partial charge in [0.05, 0.1) is 68.5 Å². The number of hydrogen-bond acceptors (Lipinski definition) is 19. The van der Waals surface area contributed by atoms with Gasteiger partial charge in [0.1, 0.15) is 67.0 Å². The standard InChI is InChI=1S/C71H67N5O18/c1-42(77)88-63-57(78)71(91-54-41-87-69(92-60(54)63)47-29-15-6-16-30-47)94-59-53(40-84-36-44-23-9-3-10-24-44)90-70(56(62(59)86-38-46-27-13-5-14-28-46)76-67(81)50-33-19-20-34-51(50)68(76)82)93-58-52(39-83-35-43-21-7-2-8-22-43)89-64(73-74-72)55(61(58)85-37-45-25-11-4-12-26-45)75-65(79)48-31-17-18-32-49(48)66(75)80/h2-34,52-64,69-71,78H,35-41H2,1H3/t52-,53-,54-,55-,56-,57-,58-,59-,60-,61-,62-,63-,64-,69?,70+,71+/m1/s1. The SMILES string of the molecule is CC(=O)O[C@@H]1[C@@H](O)[C@H](O[C@H]2[C@H](OCc3ccccc3)[C@@H](N3C(=O)c4ccccc4C3=O)[C@H](O[C@H]3[C@H](OCc4ccccc4)[C@@H](N4C(=O)c5ccccc5C4=O)[C@H](N=[N+]=[N-])O[C@@H]3COCc3ccccc3)O[C@@H]2COCc2ccccc2)O[C@@H]2COC(c3ccccc3)O[C@@H]12. The second-order valence-electron chi connectivity index (χ2n) is 23.4. The maximum absolute atomic E-state index is 15.5. The number of benzene rings is 7. The molecule has 4 fully saturated rings. The number of nitrogens with zero attached hydrogens (tertiary/aromatic N) is 5. The lowest BCUT2D eigenvalue weighted by Gasteiger charge is -2.53. The minimum Gasteiger partial charge on any atom is -0.457 e. The van der Waals surface area contributed by atoms with Crippen LogP contribution in [0.25, 0.3) is 10.4 Å². The number of ether oxygens (including phenoxy) is 12. The molecule has 4 amide bonds. The van der Waals surface area contributed by atoms with E-state index in [-0.39, 0.29) is 68.5 Å². The highest BCUT2D eigenvalue weighted by molar-refractivity contribution is 6.22. The Morgan fingerprint density at radius 2 is 0.926 bits per heavy atom. The van der Waals surface area contributed by atoms with Crippen molar-refractivity contribution < 1.29 is 85.9 Å². The fraction of sp³-hybridized carbons (Fsp3) is 0.338. The van der Waals surface area contributed by atoms with Crippen molar-refractivity contribution >= 4 is 29.6 Å². The van der Waals surface area contributed by atoms with Crippen LogP contribution in [-0.2, 0) is 88.1 Å². The molecule has 16 atom stereocenters. The van der Waals surface area contributed by atoms with E-state index in [1.54, 1.807) is 24.3 Å². The van der Waals surface area contributed by atoms with Crippen molar-refractivity contribution in [2.24, 2.45) is 5.11 Å². The second kappa shape index (κ2) is 29.2. The Morgan fingerprint density at radius 1 is 0.511 bits per heavy atom. The highest BCUT2D eigenvalue weighted by Gasteiger charge is 2.62. The van der Waals surface area contributed by atoms with Gasteiger partial charge in [-0.2, -0.15) is 0 Å². The molecule has 6 aliphatic heterocycles. The predicted molar refractivity (Wildman–Crippen MR) is 330 cm³/mol. The van der Waals surface area contributed by atoms with Gasteiger partial charge in [-0.05, 0) is 52.1 Å². The molecule has 0 radical (unpaired) electrons. The molecule has 0 bridgehead atoms. The summed E-state index contributed by atoms with van der Waals surface area (Å²) in [6.07, 6.45) is -20.2. The summed E-state index contributed by atoms with van der Waals surface area (Å²) in [5, 5.41) is 16.7. The molecule has 4 saturated heterocycles. The van der Waals surface area contributed by atoms with Crippen LogP contribution in [0.4, 0.5) is 0 Å². The highest BCUT2D eigenvalue weighted by Crippen LogP contribution is 2.43. The average Bonchev–Trinajstić information content (AvgIpc) is 1.45. The van der Waals surface area contributed by atoms with Crippen LogP contribution in [0.5, 0.6) is 0 Å². The Balaban J connectivity index is 0.950. The third-order valence-corrected chi connectivity index (χ3v) is 17.3. The molecule has 23 nitrogen and oxygen atoms in total. The molecule has 1 unspecified atom stereocenters. The number of hydrogen-bond donors (Lipinski definition) is 1. The maximum atomic E-state index is 15.5. The zero-order valence-corrected chi connectivity index (χ0v) is 50.9. The lowest BCUT2D eigenvalue weighted by molar-refractivity contribution is -0.388. The molecule has 94 heavy (non-hydrogen) atoms. The minimum absolute atomic E-state index is 0.0316. The Kier molecular flexibility index (Phi) is 19.8. The fourth-order valence-electron chi connectivity index (χ4n) is 12.9. The van der Waals surface area contributed by atoms with Crippen LogP contribution >= 0.6 is 0 Å². The van der Waals surface area contributed by atoms with E-state index in [4.69, 9.17) is 56.8 Å². The van der Waals surface area contributed by atoms with Gasteiger partial charge in [-0.25, -0.2) is 0 Å². The summed E-state index contributed by atoms with van der Waals surface area (Å²) < 4.78 is 81.1.